The van der Waals surface area contributed by atoms with Crippen molar-refractivity contribution in [2.75, 3.05) is 26.2 Å². The van der Waals surface area contributed by atoms with Crippen LogP contribution in [0, 0.1) is 0 Å². The number of nitrogens with zero attached hydrogens (tertiary/aromatic N) is 1. The maximum absolute atomic E-state index is 11.5. The monoisotopic (exact) mass is 291 g/mol. The lowest BCUT2D eigenvalue weighted by atomic mass is 10.1. The van der Waals surface area contributed by atoms with Crippen molar-refractivity contribution in [1.82, 2.24) is 4.90 Å². The summed E-state index contributed by atoms with van der Waals surface area (Å²) in [5.74, 6) is 0.826. The van der Waals surface area contributed by atoms with Gasteiger partial charge in [0.25, 0.3) is 0 Å². The van der Waals surface area contributed by atoms with Gasteiger partial charge in [0.05, 0.1) is 0 Å². The third-order valence-electron chi connectivity index (χ3n) is 3.86. The average Bonchev–Trinajstić information content (AvgIpc) is 2.53. The highest BCUT2D eigenvalue weighted by Gasteiger charge is 2.15. The standard InChI is InChI=1S/C17H25NO3/c1-2-17(20)14-6-8-16(9-7-14)21-13-15(19)12-18-10-4-3-5-11-18/h6-9,15,19H,2-5,10-13H2,1H3/t15-/m1/s1. The molecule has 1 saturated heterocycles. The molecule has 1 aromatic rings. The van der Waals surface area contributed by atoms with Crippen molar-refractivity contribution in [3.05, 3.63) is 29.8 Å². The number of piperidine rings is 1. The van der Waals surface area contributed by atoms with E-state index in [1.54, 1.807) is 24.3 Å². The molecular weight excluding hydrogens is 266 g/mol. The molecule has 1 aliphatic rings. The minimum atomic E-state index is -0.472. The van der Waals surface area contributed by atoms with Gasteiger partial charge in [0.1, 0.15) is 18.5 Å². The molecule has 1 heterocycles. The second-order valence-corrected chi connectivity index (χ2v) is 5.63. The zero-order valence-electron chi connectivity index (χ0n) is 12.8. The predicted molar refractivity (Wildman–Crippen MR) is 82.9 cm³/mol. The van der Waals surface area contributed by atoms with Crippen LogP contribution in [0.1, 0.15) is 43.0 Å². The summed E-state index contributed by atoms with van der Waals surface area (Å²) in [6, 6.07) is 7.13. The first-order valence-corrected chi connectivity index (χ1v) is 7.85. The van der Waals surface area contributed by atoms with Crippen LogP contribution in [0.3, 0.4) is 0 Å². The fourth-order valence-electron chi connectivity index (χ4n) is 2.63. The molecular formula is C17H25NO3. The van der Waals surface area contributed by atoms with Crippen LogP contribution in [0.5, 0.6) is 5.75 Å². The molecule has 116 valence electrons. The molecule has 0 saturated carbocycles. The first-order valence-electron chi connectivity index (χ1n) is 7.85. The minimum Gasteiger partial charge on any atom is -0.491 e. The summed E-state index contributed by atoms with van der Waals surface area (Å²) in [7, 11) is 0. The Hall–Kier alpha value is -1.39. The van der Waals surface area contributed by atoms with Gasteiger partial charge in [0, 0.05) is 18.5 Å². The van der Waals surface area contributed by atoms with E-state index in [1.165, 1.54) is 19.3 Å². The highest BCUT2D eigenvalue weighted by Crippen LogP contribution is 2.14. The van der Waals surface area contributed by atoms with E-state index < -0.39 is 6.10 Å². The molecule has 1 aromatic carbocycles. The quantitative estimate of drug-likeness (QED) is 0.784. The van der Waals surface area contributed by atoms with E-state index in [9.17, 15) is 9.90 Å². The number of likely N-dealkylation sites (tertiary alicyclic amines) is 1. The van der Waals surface area contributed by atoms with E-state index in [4.69, 9.17) is 4.74 Å². The topological polar surface area (TPSA) is 49.8 Å². The van der Waals surface area contributed by atoms with Gasteiger partial charge in [0.15, 0.2) is 5.78 Å². The van der Waals surface area contributed by atoms with Crippen molar-refractivity contribution in [3.8, 4) is 5.75 Å². The molecule has 1 aliphatic heterocycles. The van der Waals surface area contributed by atoms with Gasteiger partial charge in [-0.05, 0) is 50.2 Å². The lowest BCUT2D eigenvalue weighted by Gasteiger charge is -2.28. The lowest BCUT2D eigenvalue weighted by Crippen LogP contribution is -2.38. The normalized spacial score (nSPS) is 17.4. The second kappa shape index (κ2) is 8.15. The van der Waals surface area contributed by atoms with Gasteiger partial charge in [-0.15, -0.1) is 0 Å². The highest BCUT2D eigenvalue weighted by atomic mass is 16.5. The number of benzene rings is 1. The summed E-state index contributed by atoms with van der Waals surface area (Å²) >= 11 is 0. The van der Waals surface area contributed by atoms with E-state index >= 15 is 0 Å². The van der Waals surface area contributed by atoms with Gasteiger partial charge in [-0.2, -0.15) is 0 Å². The van der Waals surface area contributed by atoms with Gasteiger partial charge in [0.2, 0.25) is 0 Å². The molecule has 2 rings (SSSR count). The summed E-state index contributed by atoms with van der Waals surface area (Å²) in [5, 5.41) is 10.0. The average molecular weight is 291 g/mol. The lowest BCUT2D eigenvalue weighted by molar-refractivity contribution is 0.0617. The molecule has 1 N–H and O–H groups in total. The Morgan fingerprint density at radius 2 is 1.90 bits per heavy atom. The maximum atomic E-state index is 11.5. The number of aliphatic hydroxyl groups is 1. The van der Waals surface area contributed by atoms with E-state index in [2.05, 4.69) is 4.90 Å². The Kier molecular flexibility index (Phi) is 6.21. The van der Waals surface area contributed by atoms with E-state index in [-0.39, 0.29) is 12.4 Å². The maximum Gasteiger partial charge on any atom is 0.162 e. The van der Waals surface area contributed by atoms with E-state index in [1.807, 2.05) is 6.92 Å². The van der Waals surface area contributed by atoms with Crippen LogP contribution in [0.15, 0.2) is 24.3 Å². The highest BCUT2D eigenvalue weighted by molar-refractivity contribution is 5.95. The molecule has 21 heavy (non-hydrogen) atoms. The zero-order valence-corrected chi connectivity index (χ0v) is 12.8. The summed E-state index contributed by atoms with van der Waals surface area (Å²) in [6.07, 6.45) is 3.78. The predicted octanol–water partition coefficient (Wildman–Crippen LogP) is 2.50. The van der Waals surface area contributed by atoms with Gasteiger partial charge in [-0.25, -0.2) is 0 Å². The zero-order chi connectivity index (χ0) is 15.1. The molecule has 4 heteroatoms. The van der Waals surface area contributed by atoms with Crippen LogP contribution in [0.2, 0.25) is 0 Å². The number of carbonyl (C=O) groups is 1. The summed E-state index contributed by atoms with van der Waals surface area (Å²) in [4.78, 5) is 13.8. The number of aliphatic hydroxyl groups excluding tert-OH is 1. The Labute approximate surface area is 126 Å². The van der Waals surface area contributed by atoms with Crippen molar-refractivity contribution in [2.24, 2.45) is 0 Å². The smallest absolute Gasteiger partial charge is 0.162 e. The van der Waals surface area contributed by atoms with E-state index in [0.717, 1.165) is 13.1 Å². The summed E-state index contributed by atoms with van der Waals surface area (Å²) in [5.41, 5.74) is 0.707. The van der Waals surface area contributed by atoms with Crippen LogP contribution in [0.4, 0.5) is 0 Å². The number of hydrogen-bond acceptors (Lipinski definition) is 4. The molecule has 1 atom stereocenters. The third kappa shape index (κ3) is 5.14. The number of β-amino-alcohol motifs (C(OH)–C–C–N with tert-alkyl or cyclic N) is 1. The SMILES string of the molecule is CCC(=O)c1ccc(OC[C@H](O)CN2CCCCC2)cc1. The van der Waals surface area contributed by atoms with Crippen molar-refractivity contribution in [1.29, 1.82) is 0 Å². The van der Waals surface area contributed by atoms with Crippen LogP contribution >= 0.6 is 0 Å². The molecule has 4 nitrogen and oxygen atoms in total. The number of ketones is 1. The Morgan fingerprint density at radius 3 is 2.52 bits per heavy atom. The van der Waals surface area contributed by atoms with Crippen LogP contribution in [0.25, 0.3) is 0 Å². The van der Waals surface area contributed by atoms with Crippen molar-refractivity contribution < 1.29 is 14.6 Å². The molecule has 0 radical (unpaired) electrons. The van der Waals surface area contributed by atoms with E-state index in [0.29, 0.717) is 24.3 Å². The first kappa shape index (κ1) is 16.0. The van der Waals surface area contributed by atoms with Gasteiger partial charge >= 0.3 is 0 Å². The third-order valence-corrected chi connectivity index (χ3v) is 3.86. The first-order chi connectivity index (χ1) is 10.2. The number of rotatable bonds is 7. The Bertz CT molecular complexity index is 438. The number of carbonyl (C=O) groups excluding carboxylic acids is 1. The number of hydrogen-bond donors (Lipinski definition) is 1. The van der Waals surface area contributed by atoms with Crippen LogP contribution in [-0.2, 0) is 0 Å². The van der Waals surface area contributed by atoms with Crippen molar-refractivity contribution in [2.45, 2.75) is 38.7 Å². The summed E-state index contributed by atoms with van der Waals surface area (Å²) < 4.78 is 5.59. The van der Waals surface area contributed by atoms with Crippen molar-refractivity contribution >= 4 is 5.78 Å². The molecule has 0 spiro atoms. The second-order valence-electron chi connectivity index (χ2n) is 5.63. The van der Waals surface area contributed by atoms with Crippen LogP contribution < -0.4 is 4.74 Å². The Balaban J connectivity index is 1.75. The molecule has 0 unspecified atom stereocenters. The van der Waals surface area contributed by atoms with Crippen molar-refractivity contribution in [3.63, 3.8) is 0 Å². The number of Topliss-reactive ketones (excluding diaryl/α,β-unsaturated/α-hetero) is 1. The fourth-order valence-corrected chi connectivity index (χ4v) is 2.63. The van der Waals surface area contributed by atoms with Gasteiger partial charge < -0.3 is 14.7 Å². The Morgan fingerprint density at radius 1 is 1.24 bits per heavy atom. The fraction of sp³-hybridized carbons (Fsp3) is 0.588. The largest absolute Gasteiger partial charge is 0.491 e. The summed E-state index contributed by atoms with van der Waals surface area (Å²) in [6.45, 7) is 4.96. The molecule has 0 bridgehead atoms. The minimum absolute atomic E-state index is 0.131. The molecule has 0 aromatic heterocycles. The number of ether oxygens (including phenoxy) is 1. The molecule has 1 fully saturated rings. The van der Waals surface area contributed by atoms with Crippen LogP contribution in [-0.4, -0.2) is 48.1 Å². The molecule has 0 amide bonds. The van der Waals surface area contributed by atoms with Gasteiger partial charge in [-0.1, -0.05) is 13.3 Å². The molecule has 0 aliphatic carbocycles. The van der Waals surface area contributed by atoms with Gasteiger partial charge in [-0.3, -0.25) is 4.79 Å².